The topological polar surface area (TPSA) is 35.6 Å². The van der Waals surface area contributed by atoms with Gasteiger partial charge in [0.05, 0.1) is 0 Å². The number of nitrogens with zero attached hydrogens (tertiary/aromatic N) is 2. The highest BCUT2D eigenvalue weighted by Gasteiger charge is 2.40. The molecule has 1 aromatic carbocycles. The van der Waals surface area contributed by atoms with Crippen molar-refractivity contribution in [3.63, 3.8) is 0 Å². The lowest BCUT2D eigenvalue weighted by Gasteiger charge is -2.49. The second-order valence-corrected chi connectivity index (χ2v) is 7.17. The van der Waals surface area contributed by atoms with Gasteiger partial charge in [0.15, 0.2) is 0 Å². The first-order valence-corrected chi connectivity index (χ1v) is 8.50. The first kappa shape index (κ1) is 16.7. The number of carbonyl (C=O) groups excluding carboxylic acids is 1. The van der Waals surface area contributed by atoms with Crippen LogP contribution in [0, 0.1) is 5.82 Å². The van der Waals surface area contributed by atoms with Crippen LogP contribution in [-0.4, -0.2) is 54.5 Å². The largest absolute Gasteiger partial charge is 0.356 e. The number of rotatable bonds is 2. The lowest BCUT2D eigenvalue weighted by Crippen LogP contribution is -2.60. The normalized spacial score (nSPS) is 27.0. The number of halogens is 2. The minimum Gasteiger partial charge on any atom is -0.356 e. The van der Waals surface area contributed by atoms with E-state index in [2.05, 4.69) is 22.2 Å². The number of piperazine rings is 1. The Morgan fingerprint density at radius 2 is 2.13 bits per heavy atom. The summed E-state index contributed by atoms with van der Waals surface area (Å²) in [4.78, 5) is 16.4. The Hall–Kier alpha value is -1.17. The fraction of sp³-hybridized carbons (Fsp3) is 0.588. The van der Waals surface area contributed by atoms with E-state index in [1.54, 1.807) is 6.07 Å². The molecule has 1 amide bonds. The van der Waals surface area contributed by atoms with Gasteiger partial charge in [-0.2, -0.15) is 0 Å². The summed E-state index contributed by atoms with van der Waals surface area (Å²) in [5.41, 5.74) is 0.923. The lowest BCUT2D eigenvalue weighted by molar-refractivity contribution is -0.121. The van der Waals surface area contributed by atoms with E-state index in [1.807, 2.05) is 6.07 Å². The summed E-state index contributed by atoms with van der Waals surface area (Å²) < 4.78 is 13.5. The third-order valence-corrected chi connectivity index (χ3v) is 5.36. The number of amides is 1. The molecule has 4 nitrogen and oxygen atoms in total. The summed E-state index contributed by atoms with van der Waals surface area (Å²) >= 11 is 5.96. The zero-order chi connectivity index (χ0) is 16.4. The molecular formula is C17H23ClFN3O. The van der Waals surface area contributed by atoms with Gasteiger partial charge in [-0.05, 0) is 43.7 Å². The van der Waals surface area contributed by atoms with Crippen LogP contribution in [0.15, 0.2) is 18.2 Å². The molecule has 0 radical (unpaired) electrons. The molecule has 0 aromatic heterocycles. The van der Waals surface area contributed by atoms with Gasteiger partial charge < -0.3 is 5.32 Å². The van der Waals surface area contributed by atoms with Crippen LogP contribution in [0.2, 0.25) is 5.02 Å². The molecule has 2 heterocycles. The highest BCUT2D eigenvalue weighted by Crippen LogP contribution is 2.31. The summed E-state index contributed by atoms with van der Waals surface area (Å²) in [5, 5.41) is 3.40. The molecule has 1 N–H and O–H groups in total. The maximum absolute atomic E-state index is 13.5. The molecule has 1 spiro atoms. The van der Waals surface area contributed by atoms with Crippen molar-refractivity contribution in [1.29, 1.82) is 0 Å². The number of likely N-dealkylation sites (N-methyl/N-ethyl adjacent to an activating group) is 1. The average molecular weight is 340 g/mol. The highest BCUT2D eigenvalue weighted by atomic mass is 35.5. The number of hydrogen-bond acceptors (Lipinski definition) is 3. The van der Waals surface area contributed by atoms with Gasteiger partial charge in [-0.15, -0.1) is 0 Å². The Kier molecular flexibility index (Phi) is 4.90. The van der Waals surface area contributed by atoms with Gasteiger partial charge in [-0.25, -0.2) is 4.39 Å². The predicted octanol–water partition coefficient (Wildman–Crippen LogP) is 2.27. The Morgan fingerprint density at radius 1 is 1.30 bits per heavy atom. The van der Waals surface area contributed by atoms with Crippen molar-refractivity contribution in [1.82, 2.24) is 15.1 Å². The monoisotopic (exact) mass is 339 g/mol. The molecule has 6 heteroatoms. The van der Waals surface area contributed by atoms with Crippen LogP contribution in [0.5, 0.6) is 0 Å². The zero-order valence-electron chi connectivity index (χ0n) is 13.4. The molecule has 0 saturated carbocycles. The van der Waals surface area contributed by atoms with Crippen molar-refractivity contribution in [3.8, 4) is 0 Å². The SMILES string of the molecule is CN1CCN(Cc2cc(F)cc(Cl)c2)C[C@]12CCNC(=O)CC2. The Balaban J connectivity index is 1.73. The number of carbonyl (C=O) groups is 1. The van der Waals surface area contributed by atoms with Gasteiger partial charge in [0.25, 0.3) is 0 Å². The number of benzene rings is 1. The Morgan fingerprint density at radius 3 is 2.91 bits per heavy atom. The molecule has 3 rings (SSSR count). The Bertz CT molecular complexity index is 577. The number of nitrogens with one attached hydrogen (secondary N) is 1. The molecule has 1 aromatic rings. The van der Waals surface area contributed by atoms with E-state index in [9.17, 15) is 9.18 Å². The van der Waals surface area contributed by atoms with Crippen LogP contribution in [0.4, 0.5) is 4.39 Å². The maximum atomic E-state index is 13.5. The van der Waals surface area contributed by atoms with Crippen molar-refractivity contribution < 1.29 is 9.18 Å². The highest BCUT2D eigenvalue weighted by molar-refractivity contribution is 6.30. The van der Waals surface area contributed by atoms with Gasteiger partial charge >= 0.3 is 0 Å². The molecule has 23 heavy (non-hydrogen) atoms. The minimum absolute atomic E-state index is 0.0224. The van der Waals surface area contributed by atoms with Gasteiger partial charge in [-0.3, -0.25) is 14.6 Å². The first-order valence-electron chi connectivity index (χ1n) is 8.12. The van der Waals surface area contributed by atoms with Gasteiger partial charge in [0.2, 0.25) is 5.91 Å². The first-order chi connectivity index (χ1) is 11.0. The van der Waals surface area contributed by atoms with E-state index < -0.39 is 0 Å². The minimum atomic E-state index is -0.291. The Labute approximate surface area is 141 Å². The third kappa shape index (κ3) is 3.84. The van der Waals surface area contributed by atoms with Crippen LogP contribution in [0.25, 0.3) is 0 Å². The zero-order valence-corrected chi connectivity index (χ0v) is 14.2. The molecular weight excluding hydrogens is 317 g/mol. The molecule has 2 fully saturated rings. The van der Waals surface area contributed by atoms with Crippen molar-refractivity contribution in [2.75, 3.05) is 33.2 Å². The maximum Gasteiger partial charge on any atom is 0.220 e. The summed E-state index contributed by atoms with van der Waals surface area (Å²) in [6.07, 6.45) is 2.40. The lowest BCUT2D eigenvalue weighted by atomic mass is 9.86. The van der Waals surface area contributed by atoms with E-state index in [1.165, 1.54) is 6.07 Å². The van der Waals surface area contributed by atoms with Crippen LogP contribution < -0.4 is 5.32 Å². The fourth-order valence-corrected chi connectivity index (χ4v) is 4.02. The van der Waals surface area contributed by atoms with Crippen LogP contribution in [0.1, 0.15) is 24.8 Å². The number of hydrogen-bond donors (Lipinski definition) is 1. The summed E-state index contributed by atoms with van der Waals surface area (Å²) in [7, 11) is 2.15. The molecule has 1 atom stereocenters. The standard InChI is InChI=1S/C17H23ClFN3O/c1-21-6-7-22(11-13-8-14(18)10-15(19)9-13)12-17(21)3-2-16(23)20-5-4-17/h8-10H,2-7,11-12H2,1H3,(H,20,23)/t17-/m0/s1. The predicted molar refractivity (Wildman–Crippen MR) is 88.9 cm³/mol. The van der Waals surface area contributed by atoms with E-state index in [-0.39, 0.29) is 17.3 Å². The van der Waals surface area contributed by atoms with E-state index in [0.717, 1.165) is 44.6 Å². The molecule has 2 aliphatic rings. The van der Waals surface area contributed by atoms with Gasteiger partial charge in [0, 0.05) is 49.7 Å². The van der Waals surface area contributed by atoms with Crippen LogP contribution >= 0.6 is 11.6 Å². The summed E-state index contributed by atoms with van der Waals surface area (Å²) in [5.74, 6) is -0.148. The molecule has 0 bridgehead atoms. The molecule has 2 saturated heterocycles. The van der Waals surface area contributed by atoms with Crippen molar-refractivity contribution in [3.05, 3.63) is 34.6 Å². The smallest absolute Gasteiger partial charge is 0.220 e. The molecule has 2 aliphatic heterocycles. The van der Waals surface area contributed by atoms with E-state index in [0.29, 0.717) is 18.0 Å². The molecule has 126 valence electrons. The molecule has 0 aliphatic carbocycles. The van der Waals surface area contributed by atoms with E-state index >= 15 is 0 Å². The van der Waals surface area contributed by atoms with Crippen LogP contribution in [0.3, 0.4) is 0 Å². The second-order valence-electron chi connectivity index (χ2n) is 6.73. The molecule has 0 unspecified atom stereocenters. The van der Waals surface area contributed by atoms with Crippen molar-refractivity contribution >= 4 is 17.5 Å². The van der Waals surface area contributed by atoms with Crippen molar-refractivity contribution in [2.45, 2.75) is 31.3 Å². The summed E-state index contributed by atoms with van der Waals surface area (Å²) in [6.45, 7) is 4.20. The van der Waals surface area contributed by atoms with Crippen molar-refractivity contribution in [2.24, 2.45) is 0 Å². The van der Waals surface area contributed by atoms with Gasteiger partial charge in [-0.1, -0.05) is 11.6 Å². The third-order valence-electron chi connectivity index (χ3n) is 5.14. The fourth-order valence-electron chi connectivity index (χ4n) is 3.77. The van der Waals surface area contributed by atoms with Crippen LogP contribution in [-0.2, 0) is 11.3 Å². The quantitative estimate of drug-likeness (QED) is 0.897. The van der Waals surface area contributed by atoms with E-state index in [4.69, 9.17) is 11.6 Å². The second kappa shape index (κ2) is 6.75. The van der Waals surface area contributed by atoms with Gasteiger partial charge in [0.1, 0.15) is 5.82 Å². The average Bonchev–Trinajstić information content (AvgIpc) is 2.65. The summed E-state index contributed by atoms with van der Waals surface area (Å²) in [6, 6.07) is 4.71.